The summed E-state index contributed by atoms with van der Waals surface area (Å²) in [6.07, 6.45) is 0. The molecule has 0 amide bonds. The third-order valence-corrected chi connectivity index (χ3v) is 6.14. The number of hydrogen-bond donors (Lipinski definition) is 0. The largest absolute Gasteiger partial charge is 0.430 e. The van der Waals surface area contributed by atoms with Gasteiger partial charge in [0.15, 0.2) is 57.1 Å². The van der Waals surface area contributed by atoms with Crippen LogP contribution >= 0.6 is 0 Å². The topological polar surface area (TPSA) is 139 Å². The molecule has 10 nitrogen and oxygen atoms in total. The Labute approximate surface area is 235 Å². The third-order valence-electron chi connectivity index (χ3n) is 6.14. The number of fused-ring (bicyclic) bond motifs is 3. The highest BCUT2D eigenvalue weighted by molar-refractivity contribution is 5.80. The maximum Gasteiger partial charge on any atom is 0.266 e. The number of nitrogens with zero attached hydrogens (tertiary/aromatic N) is 8. The molecule has 0 saturated carbocycles. The maximum absolute atomic E-state index is 14.4. The van der Waals surface area contributed by atoms with Crippen LogP contribution in [0.25, 0.3) is 51.2 Å². The van der Waals surface area contributed by atoms with E-state index < -0.39 is 104 Å². The molecule has 4 heterocycles. The van der Waals surface area contributed by atoms with E-state index in [2.05, 4.69) is 34.9 Å². The summed E-state index contributed by atoms with van der Waals surface area (Å²) >= 11 is 0. The Morgan fingerprint density at radius 1 is 0.568 bits per heavy atom. The van der Waals surface area contributed by atoms with Crippen molar-refractivity contribution >= 4 is 27.8 Å². The molecule has 0 fully saturated rings. The van der Waals surface area contributed by atoms with Crippen molar-refractivity contribution in [2.24, 2.45) is 9.98 Å². The molecule has 0 aliphatic carbocycles. The summed E-state index contributed by atoms with van der Waals surface area (Å²) in [6.45, 7) is 0. The number of aromatic nitrogens is 5. The van der Waals surface area contributed by atoms with Gasteiger partial charge in [-0.25, -0.2) is 56.3 Å². The van der Waals surface area contributed by atoms with Gasteiger partial charge in [0.1, 0.15) is 11.6 Å². The fourth-order valence-corrected chi connectivity index (χ4v) is 4.12. The smallest absolute Gasteiger partial charge is 0.266 e. The summed E-state index contributed by atoms with van der Waals surface area (Å²) in [5.41, 5.74) is -5.01. The second-order valence-electron chi connectivity index (χ2n) is 8.73. The molecule has 0 saturated heterocycles. The first-order valence-corrected chi connectivity index (χ1v) is 11.8. The van der Waals surface area contributed by atoms with Crippen molar-refractivity contribution in [1.29, 1.82) is 5.26 Å². The van der Waals surface area contributed by atoms with Gasteiger partial charge in [-0.15, -0.1) is 0 Å². The zero-order chi connectivity index (χ0) is 31.0. The average molecular weight is 612 g/mol. The van der Waals surface area contributed by atoms with Crippen molar-refractivity contribution < 1.29 is 44.0 Å². The van der Waals surface area contributed by atoms with Gasteiger partial charge in [0.25, 0.3) is 11.8 Å². The molecule has 3 aromatic heterocycles. The van der Waals surface area contributed by atoms with Crippen molar-refractivity contribution in [2.75, 3.05) is 0 Å². The van der Waals surface area contributed by atoms with Crippen molar-refractivity contribution in [3.8, 4) is 29.5 Å². The van der Waals surface area contributed by atoms with E-state index in [1.54, 1.807) is 30.3 Å². The molecule has 0 atom stereocenters. The van der Waals surface area contributed by atoms with Crippen LogP contribution in [0.1, 0.15) is 5.82 Å². The van der Waals surface area contributed by atoms with Gasteiger partial charge in [0, 0.05) is 0 Å². The van der Waals surface area contributed by atoms with Gasteiger partial charge in [-0.3, -0.25) is 0 Å². The highest BCUT2D eigenvalue weighted by Crippen LogP contribution is 2.33. The number of oxazole rings is 2. The molecule has 44 heavy (non-hydrogen) atoms. The van der Waals surface area contributed by atoms with E-state index >= 15 is 0 Å². The molecule has 1 aliphatic rings. The van der Waals surface area contributed by atoms with Crippen LogP contribution in [-0.4, -0.2) is 24.9 Å². The fourth-order valence-electron chi connectivity index (χ4n) is 4.12. The fraction of sp³-hybridized carbons (Fsp3) is 0. The lowest BCUT2D eigenvalue weighted by atomic mass is 10.2. The molecule has 1 aliphatic heterocycles. The highest BCUT2D eigenvalue weighted by Gasteiger charge is 2.30. The van der Waals surface area contributed by atoms with E-state index in [4.69, 9.17) is 8.83 Å². The molecule has 0 unspecified atom stereocenters. The van der Waals surface area contributed by atoms with Gasteiger partial charge in [0.2, 0.25) is 34.9 Å². The van der Waals surface area contributed by atoms with Crippen LogP contribution in [0.3, 0.4) is 0 Å². The van der Waals surface area contributed by atoms with Crippen LogP contribution in [0.15, 0.2) is 48.9 Å². The molecular weight excluding hydrogens is 608 g/mol. The Morgan fingerprint density at radius 3 is 1.43 bits per heavy atom. The first-order chi connectivity index (χ1) is 21.1. The van der Waals surface area contributed by atoms with E-state index in [0.717, 1.165) is 0 Å². The zero-order valence-corrected chi connectivity index (χ0v) is 20.7. The van der Waals surface area contributed by atoms with E-state index in [9.17, 15) is 40.4 Å². The van der Waals surface area contributed by atoms with Crippen molar-refractivity contribution in [2.45, 2.75) is 0 Å². The number of nitriles is 1. The summed E-state index contributed by atoms with van der Waals surface area (Å²) in [5, 5.41) is 10.7. The molecule has 216 valence electrons. The number of benzene rings is 3. The summed E-state index contributed by atoms with van der Waals surface area (Å²) in [5.74, 6) is -20.7. The van der Waals surface area contributed by atoms with Crippen LogP contribution in [-0.2, 0) is 0 Å². The molecule has 18 heteroatoms. The Balaban J connectivity index is 1.51. The number of allylic oxidation sites excluding steroid dienone is 1. The van der Waals surface area contributed by atoms with Crippen LogP contribution in [0.4, 0.5) is 35.1 Å². The van der Waals surface area contributed by atoms with Gasteiger partial charge in [-0.1, -0.05) is 12.1 Å². The summed E-state index contributed by atoms with van der Waals surface area (Å²) in [7, 11) is 0. The van der Waals surface area contributed by atoms with E-state index in [1.807, 2.05) is 0 Å². The highest BCUT2D eigenvalue weighted by atomic mass is 19.2. The molecule has 0 bridgehead atoms. The minimum absolute atomic E-state index is 0.227. The standard InChI is InChI=1S/C26H4F8N8O2/c27-9-11(29)15(33)19-17(13(9)31)38-25(43-19)23-40-22(6(5-35)21-36-7-3-1-2-4-8(7)37-21)41-24(42-23)26-39-18-14(32)10(28)12(30)16(34)20(18)44-26/h1-4H. The van der Waals surface area contributed by atoms with Gasteiger partial charge in [-0.2, -0.15) is 19.0 Å². The average Bonchev–Trinajstić information content (AvgIpc) is 3.78. The quantitative estimate of drug-likeness (QED) is 0.121. The van der Waals surface area contributed by atoms with E-state index in [1.165, 1.54) is 0 Å². The summed E-state index contributed by atoms with van der Waals surface area (Å²) in [4.78, 5) is 27.4. The van der Waals surface area contributed by atoms with E-state index in [-0.39, 0.29) is 5.82 Å². The predicted molar refractivity (Wildman–Crippen MR) is 127 cm³/mol. The molecule has 0 spiro atoms. The lowest BCUT2D eigenvalue weighted by molar-refractivity contribution is 0.410. The van der Waals surface area contributed by atoms with Crippen LogP contribution < -0.4 is 10.7 Å². The molecule has 7 rings (SSSR count). The second-order valence-corrected chi connectivity index (χ2v) is 8.73. The monoisotopic (exact) mass is 612 g/mol. The van der Waals surface area contributed by atoms with Gasteiger partial charge in [0.05, 0.1) is 10.7 Å². The van der Waals surface area contributed by atoms with Crippen molar-refractivity contribution in [3.05, 3.63) is 93.2 Å². The maximum atomic E-state index is 14.4. The molecule has 0 N–H and O–H groups in total. The second kappa shape index (κ2) is 9.45. The minimum atomic E-state index is -2.20. The summed E-state index contributed by atoms with van der Waals surface area (Å²) < 4.78 is 123. The first-order valence-electron chi connectivity index (χ1n) is 11.8. The van der Waals surface area contributed by atoms with Crippen LogP contribution in [0.2, 0.25) is 0 Å². The number of halogens is 8. The Bertz CT molecular complexity index is 2220. The molecule has 0 radical (unpaired) electrons. The van der Waals surface area contributed by atoms with Gasteiger partial charge < -0.3 is 8.83 Å². The van der Waals surface area contributed by atoms with Crippen molar-refractivity contribution in [1.82, 2.24) is 24.9 Å². The zero-order valence-electron chi connectivity index (χ0n) is 20.7. The van der Waals surface area contributed by atoms with E-state index in [0.29, 0.717) is 10.7 Å². The lowest BCUT2D eigenvalue weighted by Crippen LogP contribution is -2.19. The third kappa shape index (κ3) is 3.82. The SMILES string of the molecule is N#CC(=C1N=c2ccccc2=N1)c1nc(-c2nc3c(F)c(F)c(F)c(F)c3o2)nc(-c2nc3c(F)c(F)c(F)c(F)c3o2)n1. The minimum Gasteiger partial charge on any atom is -0.430 e. The Morgan fingerprint density at radius 2 is 1.00 bits per heavy atom. The molecular formula is C26H4F8N8O2. The van der Waals surface area contributed by atoms with Gasteiger partial charge in [-0.05, 0) is 12.1 Å². The number of para-hydroxylation sites is 2. The Kier molecular flexibility index (Phi) is 5.75. The van der Waals surface area contributed by atoms with Crippen molar-refractivity contribution in [3.63, 3.8) is 0 Å². The molecule has 3 aromatic carbocycles. The normalized spacial score (nSPS) is 12.4. The van der Waals surface area contributed by atoms with Crippen LogP contribution in [0, 0.1) is 57.9 Å². The predicted octanol–water partition coefficient (Wildman–Crippen LogP) is 4.75. The first kappa shape index (κ1) is 26.8. The summed E-state index contributed by atoms with van der Waals surface area (Å²) in [6, 6.07) is 8.20. The molecule has 6 aromatic rings. The number of hydrogen-bond acceptors (Lipinski definition) is 10. The number of rotatable bonds is 3. The van der Waals surface area contributed by atoms with Gasteiger partial charge >= 0.3 is 0 Å². The van der Waals surface area contributed by atoms with Crippen LogP contribution in [0.5, 0.6) is 0 Å². The Hall–Kier alpha value is -6.12. The lowest BCUT2D eigenvalue weighted by Gasteiger charge is -2.03.